The lowest BCUT2D eigenvalue weighted by Gasteiger charge is -2.39. The predicted octanol–water partition coefficient (Wildman–Crippen LogP) is 3.88. The Kier molecular flexibility index (Phi) is 5.35. The molecule has 34 heavy (non-hydrogen) atoms. The molecular weight excluding hydrogens is 454 g/mol. The van der Waals surface area contributed by atoms with Gasteiger partial charge in [-0.25, -0.2) is 19.7 Å². The third-order valence-corrected chi connectivity index (χ3v) is 6.41. The van der Waals surface area contributed by atoms with Gasteiger partial charge < -0.3 is 24.8 Å². The maximum Gasteiger partial charge on any atom is 0.410 e. The van der Waals surface area contributed by atoms with Gasteiger partial charge in [0.05, 0.1) is 45.6 Å². The van der Waals surface area contributed by atoms with E-state index in [1.165, 1.54) is 11.3 Å². The Morgan fingerprint density at radius 1 is 1.24 bits per heavy atom. The fourth-order valence-electron chi connectivity index (χ4n) is 3.79. The Hall–Kier alpha value is -3.73. The molecule has 1 aliphatic rings. The number of likely N-dealkylation sites (tertiary alicyclic amines) is 1. The van der Waals surface area contributed by atoms with E-state index in [9.17, 15) is 9.59 Å². The van der Waals surface area contributed by atoms with Crippen LogP contribution in [0.5, 0.6) is 0 Å². The van der Waals surface area contributed by atoms with Crippen molar-refractivity contribution < 1.29 is 14.3 Å². The van der Waals surface area contributed by atoms with Gasteiger partial charge in [-0.2, -0.15) is 0 Å². The number of rotatable bonds is 4. The molecule has 0 aliphatic carbocycles. The van der Waals surface area contributed by atoms with Crippen LogP contribution in [0.25, 0.3) is 21.3 Å². The minimum absolute atomic E-state index is 0.0164. The zero-order valence-corrected chi connectivity index (χ0v) is 20.1. The Morgan fingerprint density at radius 2 is 2.03 bits per heavy atom. The lowest BCUT2D eigenvalue weighted by molar-refractivity contribution is 0.0104. The van der Waals surface area contributed by atoms with Crippen LogP contribution in [0.4, 0.5) is 16.4 Å². The number of carbonyl (C=O) groups excluding carboxylic acids is 2. The molecule has 2 N–H and O–H groups in total. The average molecular weight is 480 g/mol. The van der Waals surface area contributed by atoms with Gasteiger partial charge in [0.25, 0.3) is 5.91 Å². The zero-order valence-electron chi connectivity index (χ0n) is 19.3. The number of ether oxygens (including phenoxy) is 1. The van der Waals surface area contributed by atoms with Crippen molar-refractivity contribution in [2.24, 2.45) is 0 Å². The molecule has 0 radical (unpaired) electrons. The summed E-state index contributed by atoms with van der Waals surface area (Å²) in [5.74, 6) is 0.247. The molecule has 1 fully saturated rings. The summed E-state index contributed by atoms with van der Waals surface area (Å²) in [4.78, 5) is 45.2. The third kappa shape index (κ3) is 4.14. The van der Waals surface area contributed by atoms with Crippen molar-refractivity contribution in [1.82, 2.24) is 24.8 Å². The Morgan fingerprint density at radius 3 is 2.79 bits per heavy atom. The van der Waals surface area contributed by atoms with Crippen molar-refractivity contribution in [2.45, 2.75) is 32.4 Å². The number of para-hydroxylation sites is 1. The van der Waals surface area contributed by atoms with Gasteiger partial charge >= 0.3 is 6.09 Å². The van der Waals surface area contributed by atoms with E-state index in [1.54, 1.807) is 34.8 Å². The first kappa shape index (κ1) is 22.1. The highest BCUT2D eigenvalue weighted by Gasteiger charge is 2.34. The summed E-state index contributed by atoms with van der Waals surface area (Å²) >= 11 is 1.43. The number of fused-ring (bicyclic) bond motifs is 2. The summed E-state index contributed by atoms with van der Waals surface area (Å²) in [5, 5.41) is 5.06. The first-order chi connectivity index (χ1) is 16.2. The molecule has 0 spiro atoms. The van der Waals surface area contributed by atoms with Crippen molar-refractivity contribution in [2.75, 3.05) is 30.4 Å². The smallest absolute Gasteiger partial charge is 0.410 e. The minimum atomic E-state index is -0.526. The van der Waals surface area contributed by atoms with Crippen molar-refractivity contribution >= 4 is 56.2 Å². The molecule has 176 valence electrons. The van der Waals surface area contributed by atoms with Crippen molar-refractivity contribution in [3.05, 3.63) is 41.7 Å². The molecule has 4 heterocycles. The van der Waals surface area contributed by atoms with Crippen LogP contribution in [-0.2, 0) is 4.74 Å². The summed E-state index contributed by atoms with van der Waals surface area (Å²) in [6.45, 7) is 6.53. The van der Waals surface area contributed by atoms with Crippen molar-refractivity contribution in [1.29, 1.82) is 0 Å². The maximum atomic E-state index is 13.4. The largest absolute Gasteiger partial charge is 0.444 e. The van der Waals surface area contributed by atoms with Gasteiger partial charge in [0.1, 0.15) is 11.1 Å². The number of carbonyl (C=O) groups is 2. The van der Waals surface area contributed by atoms with Gasteiger partial charge in [-0.05, 0) is 32.9 Å². The highest BCUT2D eigenvalue weighted by atomic mass is 32.1. The molecule has 4 aromatic rings. The molecule has 11 heteroatoms. The topological polar surface area (TPSA) is 116 Å². The van der Waals surface area contributed by atoms with E-state index in [1.807, 2.05) is 39.0 Å². The second-order valence-electron chi connectivity index (χ2n) is 9.22. The molecule has 5 rings (SSSR count). The molecule has 0 unspecified atom stereocenters. The Bertz CT molecular complexity index is 1380. The number of thiophene rings is 1. The van der Waals surface area contributed by atoms with Gasteiger partial charge in [-0.3, -0.25) is 4.79 Å². The third-order valence-electron chi connectivity index (χ3n) is 5.51. The molecule has 0 saturated carbocycles. The fourth-order valence-corrected chi connectivity index (χ4v) is 4.63. The number of benzene rings is 1. The second kappa shape index (κ2) is 8.24. The number of hydrogen-bond donors (Lipinski definition) is 2. The number of H-pyrrole nitrogens is 1. The fraction of sp³-hybridized carbons (Fsp3) is 0.348. The van der Waals surface area contributed by atoms with Gasteiger partial charge in [-0.1, -0.05) is 6.07 Å². The van der Waals surface area contributed by atoms with Crippen LogP contribution < -0.4 is 10.2 Å². The zero-order chi connectivity index (χ0) is 24.0. The molecule has 3 aromatic heterocycles. The lowest BCUT2D eigenvalue weighted by atomic mass is 10.1. The number of imidazole rings is 1. The quantitative estimate of drug-likeness (QED) is 0.456. The van der Waals surface area contributed by atoms with E-state index >= 15 is 0 Å². The summed E-state index contributed by atoms with van der Waals surface area (Å²) in [6, 6.07) is 5.68. The average Bonchev–Trinajstić information content (AvgIpc) is 3.40. The van der Waals surface area contributed by atoms with Gasteiger partial charge in [0.15, 0.2) is 0 Å². The molecule has 0 bridgehead atoms. The number of nitrogens with zero attached hydrogens (tertiary/aromatic N) is 5. The standard InChI is InChI=1S/C23H25N7O3S/c1-23(2,3)33-22(32)30-9-13(10-30)27-21-24-8-17-18(28-21)14(11-34-17)20(31)29(4)16-7-5-6-15-19(16)26-12-25-15/h5-8,11-13H,9-10H2,1-4H3,(H,25,26)(H,24,27,28). The van der Waals surface area contributed by atoms with Crippen LogP contribution >= 0.6 is 11.3 Å². The van der Waals surface area contributed by atoms with Crippen LogP contribution in [0.3, 0.4) is 0 Å². The summed E-state index contributed by atoms with van der Waals surface area (Å²) < 4.78 is 6.21. The lowest BCUT2D eigenvalue weighted by Crippen LogP contribution is -2.58. The number of aromatic nitrogens is 4. The van der Waals surface area contributed by atoms with Crippen LogP contribution in [0.15, 0.2) is 36.1 Å². The number of aromatic amines is 1. The van der Waals surface area contributed by atoms with Crippen LogP contribution in [-0.4, -0.2) is 68.6 Å². The van der Waals surface area contributed by atoms with Crippen LogP contribution in [0.2, 0.25) is 0 Å². The molecule has 1 aromatic carbocycles. The molecular formula is C23H25N7O3S. The van der Waals surface area contributed by atoms with E-state index in [2.05, 4.69) is 25.3 Å². The highest BCUT2D eigenvalue weighted by Crippen LogP contribution is 2.29. The number of hydrogen-bond acceptors (Lipinski definition) is 8. The van der Waals surface area contributed by atoms with Crippen molar-refractivity contribution in [3.8, 4) is 0 Å². The number of nitrogens with one attached hydrogen (secondary N) is 2. The molecule has 1 aliphatic heterocycles. The SMILES string of the molecule is CN(C(=O)c1csc2cnc(NC3CN(C(=O)OC(C)(C)C)C3)nc12)c1cccc2[nH]cnc12. The Balaban J connectivity index is 1.31. The first-order valence-electron chi connectivity index (χ1n) is 10.9. The van der Waals surface area contributed by atoms with E-state index in [0.717, 1.165) is 15.7 Å². The van der Waals surface area contributed by atoms with E-state index in [0.29, 0.717) is 35.8 Å². The van der Waals surface area contributed by atoms with Crippen LogP contribution in [0, 0.1) is 0 Å². The van der Waals surface area contributed by atoms with E-state index in [4.69, 9.17) is 4.74 Å². The highest BCUT2D eigenvalue weighted by molar-refractivity contribution is 7.17. The molecule has 10 nitrogen and oxygen atoms in total. The van der Waals surface area contributed by atoms with Gasteiger partial charge in [-0.15, -0.1) is 11.3 Å². The van der Waals surface area contributed by atoms with Gasteiger partial charge in [0, 0.05) is 25.5 Å². The minimum Gasteiger partial charge on any atom is -0.444 e. The molecule has 0 atom stereocenters. The molecule has 1 saturated heterocycles. The van der Waals surface area contributed by atoms with Crippen LogP contribution in [0.1, 0.15) is 31.1 Å². The number of anilines is 2. The van der Waals surface area contributed by atoms with E-state index in [-0.39, 0.29) is 18.0 Å². The predicted molar refractivity (Wildman–Crippen MR) is 131 cm³/mol. The summed E-state index contributed by atoms with van der Waals surface area (Å²) in [5.41, 5.74) is 2.88. The summed E-state index contributed by atoms with van der Waals surface area (Å²) in [6.07, 6.45) is 3.00. The second-order valence-corrected chi connectivity index (χ2v) is 10.1. The van der Waals surface area contributed by atoms with Gasteiger partial charge in [0.2, 0.25) is 5.95 Å². The number of amides is 2. The normalized spacial score (nSPS) is 14.3. The first-order valence-corrected chi connectivity index (χ1v) is 11.8. The Labute approximate surface area is 200 Å². The van der Waals surface area contributed by atoms with E-state index < -0.39 is 5.60 Å². The monoisotopic (exact) mass is 479 g/mol. The van der Waals surface area contributed by atoms with Crippen molar-refractivity contribution in [3.63, 3.8) is 0 Å². The summed E-state index contributed by atoms with van der Waals surface area (Å²) in [7, 11) is 1.73. The maximum absolute atomic E-state index is 13.4. The molecule has 2 amide bonds.